The first kappa shape index (κ1) is 10.8. The molecule has 0 heterocycles. The monoisotopic (exact) mass is 260 g/mol. The van der Waals surface area contributed by atoms with E-state index < -0.39 is 23.1 Å². The molecule has 0 aliphatic heterocycles. The molecule has 1 N–H and O–H groups in total. The van der Waals surface area contributed by atoms with Crippen LogP contribution in [0.4, 0.5) is 4.39 Å². The SMILES string of the molecule is Cc1ccc(F)c(C(=O)C(=O)O)c1Br. The summed E-state index contributed by atoms with van der Waals surface area (Å²) >= 11 is 2.98. The van der Waals surface area contributed by atoms with Gasteiger partial charge in [0.2, 0.25) is 0 Å². The Hall–Kier alpha value is -1.23. The molecule has 1 aromatic rings. The molecule has 0 fully saturated rings. The van der Waals surface area contributed by atoms with Crippen LogP contribution in [0.5, 0.6) is 0 Å². The normalized spacial score (nSPS) is 9.93. The number of halogens is 2. The van der Waals surface area contributed by atoms with Gasteiger partial charge in [0.1, 0.15) is 5.82 Å². The van der Waals surface area contributed by atoms with Crippen molar-refractivity contribution in [3.05, 3.63) is 33.5 Å². The second-order valence-electron chi connectivity index (χ2n) is 2.69. The van der Waals surface area contributed by atoms with Gasteiger partial charge in [0, 0.05) is 4.47 Å². The maximum absolute atomic E-state index is 13.1. The van der Waals surface area contributed by atoms with Crippen LogP contribution in [-0.4, -0.2) is 16.9 Å². The number of Topliss-reactive ketones (excluding diaryl/α,β-unsaturated/α-hetero) is 1. The third-order valence-electron chi connectivity index (χ3n) is 1.71. The van der Waals surface area contributed by atoms with Crippen molar-refractivity contribution in [1.29, 1.82) is 0 Å². The summed E-state index contributed by atoms with van der Waals surface area (Å²) in [4.78, 5) is 21.4. The molecule has 0 aliphatic rings. The number of rotatable bonds is 2. The second-order valence-corrected chi connectivity index (χ2v) is 3.48. The molecule has 3 nitrogen and oxygen atoms in total. The van der Waals surface area contributed by atoms with E-state index in [2.05, 4.69) is 15.9 Å². The highest BCUT2D eigenvalue weighted by molar-refractivity contribution is 9.10. The summed E-state index contributed by atoms with van der Waals surface area (Å²) in [5.41, 5.74) is 0.175. The minimum atomic E-state index is -1.67. The van der Waals surface area contributed by atoms with Gasteiger partial charge in [-0.1, -0.05) is 6.07 Å². The summed E-state index contributed by atoms with van der Waals surface area (Å²) in [5, 5.41) is 8.44. The van der Waals surface area contributed by atoms with Gasteiger partial charge in [0.15, 0.2) is 0 Å². The number of carbonyl (C=O) groups is 2. The van der Waals surface area contributed by atoms with Crippen LogP contribution in [0.3, 0.4) is 0 Å². The minimum Gasteiger partial charge on any atom is -0.475 e. The Labute approximate surface area is 87.7 Å². The molecule has 0 aliphatic carbocycles. The Balaban J connectivity index is 3.40. The van der Waals surface area contributed by atoms with Gasteiger partial charge >= 0.3 is 5.97 Å². The second kappa shape index (κ2) is 3.88. The van der Waals surface area contributed by atoms with Gasteiger partial charge in [-0.2, -0.15) is 0 Å². The lowest BCUT2D eigenvalue weighted by Gasteiger charge is -2.04. The molecule has 5 heteroatoms. The van der Waals surface area contributed by atoms with Crippen molar-refractivity contribution in [2.75, 3.05) is 0 Å². The number of benzene rings is 1. The fourth-order valence-corrected chi connectivity index (χ4v) is 1.47. The fraction of sp³-hybridized carbons (Fsp3) is 0.111. The van der Waals surface area contributed by atoms with E-state index >= 15 is 0 Å². The summed E-state index contributed by atoms with van der Waals surface area (Å²) in [5.74, 6) is -3.76. The number of aliphatic carboxylic acids is 1. The third-order valence-corrected chi connectivity index (χ3v) is 2.73. The van der Waals surface area contributed by atoms with Gasteiger partial charge < -0.3 is 5.11 Å². The van der Waals surface area contributed by atoms with Crippen LogP contribution >= 0.6 is 15.9 Å². The molecule has 0 atom stereocenters. The topological polar surface area (TPSA) is 54.4 Å². The number of aryl methyl sites for hydroxylation is 1. The first-order valence-electron chi connectivity index (χ1n) is 3.67. The van der Waals surface area contributed by atoms with Crippen LogP contribution in [-0.2, 0) is 4.79 Å². The molecule has 1 rings (SSSR count). The molecule has 0 amide bonds. The molecule has 0 unspecified atom stereocenters. The zero-order chi connectivity index (χ0) is 10.9. The van der Waals surface area contributed by atoms with Crippen molar-refractivity contribution in [2.45, 2.75) is 6.92 Å². The summed E-state index contributed by atoms with van der Waals surface area (Å²) in [6, 6.07) is 2.52. The molecule has 1 aromatic carbocycles. The van der Waals surface area contributed by atoms with Crippen LogP contribution in [0.15, 0.2) is 16.6 Å². The third kappa shape index (κ3) is 1.82. The Kier molecular flexibility index (Phi) is 3.00. The van der Waals surface area contributed by atoms with Crippen molar-refractivity contribution in [3.63, 3.8) is 0 Å². The lowest BCUT2D eigenvalue weighted by atomic mass is 10.1. The average molecular weight is 261 g/mol. The van der Waals surface area contributed by atoms with Crippen LogP contribution in [0.2, 0.25) is 0 Å². The molecule has 0 bridgehead atoms. The van der Waals surface area contributed by atoms with E-state index in [0.717, 1.165) is 6.07 Å². The smallest absolute Gasteiger partial charge is 0.377 e. The number of hydrogen-bond acceptors (Lipinski definition) is 2. The van der Waals surface area contributed by atoms with Crippen molar-refractivity contribution in [1.82, 2.24) is 0 Å². The molecule has 0 radical (unpaired) electrons. The van der Waals surface area contributed by atoms with Crippen molar-refractivity contribution >= 4 is 27.7 Å². The summed E-state index contributed by atoms with van der Waals surface area (Å²) in [7, 11) is 0. The lowest BCUT2D eigenvalue weighted by Crippen LogP contribution is -2.15. The van der Waals surface area contributed by atoms with E-state index in [0.29, 0.717) is 5.56 Å². The number of carbonyl (C=O) groups excluding carboxylic acids is 1. The quantitative estimate of drug-likeness (QED) is 0.655. The highest BCUT2D eigenvalue weighted by Crippen LogP contribution is 2.24. The van der Waals surface area contributed by atoms with Gasteiger partial charge in [0.25, 0.3) is 5.78 Å². The number of hydrogen-bond donors (Lipinski definition) is 1. The summed E-state index contributed by atoms with van der Waals surface area (Å²) < 4.78 is 13.3. The van der Waals surface area contributed by atoms with E-state index in [-0.39, 0.29) is 4.47 Å². The minimum absolute atomic E-state index is 0.185. The Morgan fingerprint density at radius 2 is 2.00 bits per heavy atom. The fourth-order valence-electron chi connectivity index (χ4n) is 0.972. The van der Waals surface area contributed by atoms with Crippen LogP contribution in [0.25, 0.3) is 0 Å². The molecule has 14 heavy (non-hydrogen) atoms. The van der Waals surface area contributed by atoms with Crippen LogP contribution in [0, 0.1) is 12.7 Å². The standard InChI is InChI=1S/C9H6BrFO3/c1-4-2-3-5(11)6(7(4)10)8(12)9(13)14/h2-3H,1H3,(H,13,14). The predicted octanol–water partition coefficient (Wildman–Crippen LogP) is 2.16. The van der Waals surface area contributed by atoms with Gasteiger partial charge in [-0.3, -0.25) is 4.79 Å². The molecule has 74 valence electrons. The molecule has 0 aromatic heterocycles. The molecular weight excluding hydrogens is 255 g/mol. The number of ketones is 1. The van der Waals surface area contributed by atoms with Crippen LogP contribution < -0.4 is 0 Å². The molecule has 0 spiro atoms. The Morgan fingerprint density at radius 1 is 1.43 bits per heavy atom. The maximum Gasteiger partial charge on any atom is 0.377 e. The molecular formula is C9H6BrFO3. The van der Waals surface area contributed by atoms with Gasteiger partial charge in [-0.25, -0.2) is 9.18 Å². The molecule has 0 saturated heterocycles. The first-order valence-corrected chi connectivity index (χ1v) is 4.46. The largest absolute Gasteiger partial charge is 0.475 e. The van der Waals surface area contributed by atoms with Crippen molar-refractivity contribution < 1.29 is 19.1 Å². The maximum atomic E-state index is 13.1. The summed E-state index contributed by atoms with van der Waals surface area (Å²) in [6.45, 7) is 1.64. The van der Waals surface area contributed by atoms with E-state index in [4.69, 9.17) is 5.11 Å². The first-order chi connectivity index (χ1) is 6.45. The number of carboxylic acids is 1. The van der Waals surface area contributed by atoms with Crippen molar-refractivity contribution in [2.24, 2.45) is 0 Å². The van der Waals surface area contributed by atoms with E-state index in [9.17, 15) is 14.0 Å². The molecule has 0 saturated carbocycles. The van der Waals surface area contributed by atoms with Gasteiger partial charge in [-0.05, 0) is 34.5 Å². The zero-order valence-electron chi connectivity index (χ0n) is 7.17. The van der Waals surface area contributed by atoms with E-state index in [1.807, 2.05) is 0 Å². The zero-order valence-corrected chi connectivity index (χ0v) is 8.76. The predicted molar refractivity (Wildman–Crippen MR) is 50.8 cm³/mol. The average Bonchev–Trinajstić information content (AvgIpc) is 2.12. The highest BCUT2D eigenvalue weighted by atomic mass is 79.9. The van der Waals surface area contributed by atoms with Crippen molar-refractivity contribution in [3.8, 4) is 0 Å². The van der Waals surface area contributed by atoms with Gasteiger partial charge in [0.05, 0.1) is 5.56 Å². The Morgan fingerprint density at radius 3 is 2.50 bits per heavy atom. The summed E-state index contributed by atoms with van der Waals surface area (Å²) in [6.07, 6.45) is 0. The van der Waals surface area contributed by atoms with E-state index in [1.165, 1.54) is 6.07 Å². The van der Waals surface area contributed by atoms with E-state index in [1.54, 1.807) is 6.92 Å². The number of carboxylic acid groups (broad SMARTS) is 1. The van der Waals surface area contributed by atoms with Gasteiger partial charge in [-0.15, -0.1) is 0 Å². The Bertz CT molecular complexity index is 415. The van der Waals surface area contributed by atoms with Crippen LogP contribution in [0.1, 0.15) is 15.9 Å². The lowest BCUT2D eigenvalue weighted by molar-refractivity contribution is -0.131. The highest BCUT2D eigenvalue weighted by Gasteiger charge is 2.22.